The van der Waals surface area contributed by atoms with Crippen LogP contribution in [0.25, 0.3) is 0 Å². The van der Waals surface area contributed by atoms with Crippen LogP contribution in [0.1, 0.15) is 35.2 Å². The number of esters is 1. The Labute approximate surface area is 215 Å². The van der Waals surface area contributed by atoms with Crippen LogP contribution in [0.3, 0.4) is 0 Å². The lowest BCUT2D eigenvalue weighted by Crippen LogP contribution is -2.29. The Balaban J connectivity index is 1.43. The third kappa shape index (κ3) is 5.18. The number of aromatic nitrogens is 3. The summed E-state index contributed by atoms with van der Waals surface area (Å²) in [5, 5.41) is 7.55. The van der Waals surface area contributed by atoms with Crippen LogP contribution in [0.15, 0.2) is 90.4 Å². The Bertz CT molecular complexity index is 1430. The number of nitrogens with zero attached hydrogens (tertiary/aromatic N) is 3. The summed E-state index contributed by atoms with van der Waals surface area (Å²) in [6.45, 7) is 4.46. The first-order chi connectivity index (χ1) is 18.0. The van der Waals surface area contributed by atoms with Crippen molar-refractivity contribution in [2.24, 2.45) is 0 Å². The van der Waals surface area contributed by atoms with E-state index in [0.717, 1.165) is 16.7 Å². The van der Waals surface area contributed by atoms with Crippen LogP contribution in [0.4, 0.5) is 5.95 Å². The summed E-state index contributed by atoms with van der Waals surface area (Å²) in [6, 6.07) is 22.8. The number of fused-ring (bicyclic) bond motifs is 1. The average Bonchev–Trinajstić information content (AvgIpc) is 3.39. The van der Waals surface area contributed by atoms with Crippen LogP contribution in [0.2, 0.25) is 0 Å². The van der Waals surface area contributed by atoms with Gasteiger partial charge >= 0.3 is 5.97 Å². The van der Waals surface area contributed by atoms with Crippen molar-refractivity contribution in [1.29, 1.82) is 0 Å². The van der Waals surface area contributed by atoms with Gasteiger partial charge in [-0.25, -0.2) is 9.48 Å². The average molecular weight is 497 g/mol. The van der Waals surface area contributed by atoms with Gasteiger partial charge in [-0.3, -0.25) is 0 Å². The zero-order chi connectivity index (χ0) is 25.8. The van der Waals surface area contributed by atoms with E-state index < -0.39 is 12.0 Å². The van der Waals surface area contributed by atoms with E-state index in [1.54, 1.807) is 11.8 Å². The Morgan fingerprint density at radius 1 is 0.946 bits per heavy atom. The highest BCUT2D eigenvalue weighted by atomic mass is 16.5. The van der Waals surface area contributed by atoms with Crippen molar-refractivity contribution in [1.82, 2.24) is 14.8 Å². The number of methoxy groups -OCH3 is 1. The molecule has 0 fully saturated rings. The third-order valence-electron chi connectivity index (χ3n) is 6.25. The summed E-state index contributed by atoms with van der Waals surface area (Å²) >= 11 is 0. The van der Waals surface area contributed by atoms with E-state index in [4.69, 9.17) is 14.2 Å². The van der Waals surface area contributed by atoms with Gasteiger partial charge < -0.3 is 19.5 Å². The molecular weight excluding hydrogens is 468 g/mol. The summed E-state index contributed by atoms with van der Waals surface area (Å²) in [4.78, 5) is 17.7. The van der Waals surface area contributed by atoms with Crippen LogP contribution < -0.4 is 14.8 Å². The van der Waals surface area contributed by atoms with Crippen molar-refractivity contribution < 1.29 is 19.0 Å². The maximum Gasteiger partial charge on any atom is 0.338 e. The lowest BCUT2D eigenvalue weighted by molar-refractivity contribution is -0.140. The molecule has 3 aromatic carbocycles. The minimum Gasteiger partial charge on any atom is -0.493 e. The zero-order valence-electron chi connectivity index (χ0n) is 21.0. The molecule has 1 aromatic heterocycles. The molecule has 2 heterocycles. The van der Waals surface area contributed by atoms with Gasteiger partial charge in [0.05, 0.1) is 12.7 Å². The Morgan fingerprint density at radius 3 is 2.46 bits per heavy atom. The number of nitrogens with one attached hydrogen (secondary N) is 1. The first-order valence-corrected chi connectivity index (χ1v) is 12.0. The molecule has 0 saturated carbocycles. The summed E-state index contributed by atoms with van der Waals surface area (Å²) in [5.41, 5.74) is 5.06. The van der Waals surface area contributed by atoms with Crippen LogP contribution in [0.5, 0.6) is 11.5 Å². The number of benzene rings is 3. The summed E-state index contributed by atoms with van der Waals surface area (Å²) in [7, 11) is 1.59. The molecule has 0 aliphatic carbocycles. The van der Waals surface area contributed by atoms with E-state index in [-0.39, 0.29) is 6.61 Å². The number of aryl methyl sites for hydroxylation is 1. The van der Waals surface area contributed by atoms with Gasteiger partial charge in [-0.15, -0.1) is 0 Å². The van der Waals surface area contributed by atoms with Crippen molar-refractivity contribution in [2.75, 3.05) is 12.4 Å². The van der Waals surface area contributed by atoms with E-state index in [1.165, 1.54) is 11.9 Å². The topological polar surface area (TPSA) is 87.5 Å². The van der Waals surface area contributed by atoms with Gasteiger partial charge in [-0.05, 0) is 42.7 Å². The van der Waals surface area contributed by atoms with Crippen molar-refractivity contribution in [2.45, 2.75) is 33.1 Å². The third-order valence-corrected chi connectivity index (χ3v) is 6.25. The van der Waals surface area contributed by atoms with Gasteiger partial charge in [-0.1, -0.05) is 66.2 Å². The fraction of sp³-hybridized carbons (Fsp3) is 0.207. The molecule has 0 saturated heterocycles. The lowest BCUT2D eigenvalue weighted by atomic mass is 9.95. The zero-order valence-corrected chi connectivity index (χ0v) is 21.0. The monoisotopic (exact) mass is 496 g/mol. The molecule has 0 spiro atoms. The SMILES string of the molecule is COc1cc(C2C(C(=O)OCc3ccccc3)=C(C)Nc3ncnn32)ccc1OCc1ccc(C)cc1. The first kappa shape index (κ1) is 24.1. The normalized spacial score (nSPS) is 14.5. The molecular formula is C29H28N4O4. The van der Waals surface area contributed by atoms with E-state index in [2.05, 4.69) is 34.5 Å². The number of allylic oxidation sites excluding steroid dienone is 1. The molecule has 0 bridgehead atoms. The predicted molar refractivity (Wildman–Crippen MR) is 139 cm³/mol. The van der Waals surface area contributed by atoms with Crippen LogP contribution in [0, 0.1) is 6.92 Å². The summed E-state index contributed by atoms with van der Waals surface area (Å²) in [6.07, 6.45) is 1.46. The van der Waals surface area contributed by atoms with Gasteiger partial charge in [0.1, 0.15) is 25.6 Å². The van der Waals surface area contributed by atoms with Gasteiger partial charge in [0, 0.05) is 5.70 Å². The minimum atomic E-state index is -0.554. The fourth-order valence-electron chi connectivity index (χ4n) is 4.28. The smallest absolute Gasteiger partial charge is 0.338 e. The van der Waals surface area contributed by atoms with Crippen molar-refractivity contribution in [3.63, 3.8) is 0 Å². The number of carbonyl (C=O) groups excluding carboxylic acids is 1. The molecule has 4 aromatic rings. The van der Waals surface area contributed by atoms with Crippen LogP contribution in [-0.2, 0) is 22.7 Å². The van der Waals surface area contributed by atoms with Crippen LogP contribution >= 0.6 is 0 Å². The number of rotatable bonds is 8. The highest BCUT2D eigenvalue weighted by molar-refractivity contribution is 5.92. The lowest BCUT2D eigenvalue weighted by Gasteiger charge is -2.28. The molecule has 5 rings (SSSR count). The molecule has 8 heteroatoms. The molecule has 8 nitrogen and oxygen atoms in total. The molecule has 1 atom stereocenters. The Kier molecular flexibility index (Phi) is 6.89. The number of hydrogen-bond donors (Lipinski definition) is 1. The van der Waals surface area contributed by atoms with E-state index in [0.29, 0.717) is 35.3 Å². The fourth-order valence-corrected chi connectivity index (χ4v) is 4.28. The maximum atomic E-state index is 13.4. The molecule has 188 valence electrons. The number of ether oxygens (including phenoxy) is 3. The minimum absolute atomic E-state index is 0.169. The molecule has 0 radical (unpaired) electrons. The van der Waals surface area contributed by atoms with E-state index in [1.807, 2.05) is 67.6 Å². The predicted octanol–water partition coefficient (Wildman–Crippen LogP) is 5.21. The van der Waals surface area contributed by atoms with Gasteiger partial charge in [-0.2, -0.15) is 10.1 Å². The second-order valence-corrected chi connectivity index (χ2v) is 8.84. The standard InChI is InChI=1S/C29H28N4O4/c1-19-9-11-22(12-10-19)16-36-24-14-13-23(15-25(24)35-3)27-26(20(2)32-29-30-18-31-33(27)29)28(34)37-17-21-7-5-4-6-8-21/h4-15,18,27H,16-17H2,1-3H3,(H,30,31,32). The molecule has 1 aliphatic rings. The van der Waals surface area contributed by atoms with Crippen molar-refractivity contribution in [3.8, 4) is 11.5 Å². The molecule has 1 aliphatic heterocycles. The van der Waals surface area contributed by atoms with Gasteiger partial charge in [0.25, 0.3) is 0 Å². The largest absolute Gasteiger partial charge is 0.493 e. The van der Waals surface area contributed by atoms with E-state index >= 15 is 0 Å². The van der Waals surface area contributed by atoms with Gasteiger partial charge in [0.2, 0.25) is 5.95 Å². The maximum absolute atomic E-state index is 13.4. The quantitative estimate of drug-likeness (QED) is 0.335. The van der Waals surface area contributed by atoms with Gasteiger partial charge in [0.15, 0.2) is 11.5 Å². The second kappa shape index (κ2) is 10.6. The van der Waals surface area contributed by atoms with Crippen molar-refractivity contribution in [3.05, 3.63) is 113 Å². The number of carbonyl (C=O) groups is 1. The summed E-state index contributed by atoms with van der Waals surface area (Å²) in [5.74, 6) is 1.27. The molecule has 1 N–H and O–H groups in total. The highest BCUT2D eigenvalue weighted by Gasteiger charge is 2.35. The van der Waals surface area contributed by atoms with Crippen molar-refractivity contribution >= 4 is 11.9 Å². The highest BCUT2D eigenvalue weighted by Crippen LogP contribution is 2.39. The molecule has 0 amide bonds. The second-order valence-electron chi connectivity index (χ2n) is 8.84. The number of anilines is 1. The Morgan fingerprint density at radius 2 is 1.70 bits per heavy atom. The first-order valence-electron chi connectivity index (χ1n) is 12.0. The number of hydrogen-bond acceptors (Lipinski definition) is 7. The van der Waals surface area contributed by atoms with Crippen LogP contribution in [-0.4, -0.2) is 27.8 Å². The Hall–Kier alpha value is -4.59. The molecule has 37 heavy (non-hydrogen) atoms. The molecule has 1 unspecified atom stereocenters. The summed E-state index contributed by atoms with van der Waals surface area (Å²) < 4.78 is 19.1. The van der Waals surface area contributed by atoms with E-state index in [9.17, 15) is 4.79 Å².